The van der Waals surface area contributed by atoms with E-state index in [1.807, 2.05) is 202 Å². The number of carbonyl (C=O) groups excluding carboxylic acids is 5. The third kappa shape index (κ3) is 36.2. The number of thioether (sulfide) groups is 4. The SMILES string of the molecule is CC(=O)c1cnc(N[C@@H]2CCCC[C@@H]2N)nc1Nc1ccc(-c2nnc(C)s2)cc1.CC(C)(C)OC(=O)N[C@H]1CCCC[C@H]1N.CCOC(=O)c1cnc(SC)nc1Nc1ccc(-c2nnc(C)s2)cc1.CCOC(=O)c1cnc(SC)nc1Nc1ccc(I)cc1.CSc1ncc(C(=O)O)c(Nc2ccc(-c3nnc(C)s3)cc2)n1.CSc1ncc(C(N)=O)c(Nc2ccc(-c3nnc(C)s3)cc2)n1.Cc1nnc(Br)s1. The third-order valence-electron chi connectivity index (χ3n) is 20.4. The molecular formula is C96H108BrIN30O10S9. The number of nitrogens with two attached hydrogens (primary N) is 3. The Labute approximate surface area is 907 Å². The minimum atomic E-state index is -1.08. The molecule has 2 aliphatic rings. The van der Waals surface area contributed by atoms with Crippen LogP contribution in [0.15, 0.2) is 177 Å². The molecule has 2 saturated carbocycles. The van der Waals surface area contributed by atoms with E-state index in [-0.39, 0.29) is 53.0 Å². The van der Waals surface area contributed by atoms with Crippen molar-refractivity contribution in [1.82, 2.24) is 106 Å². The quantitative estimate of drug-likeness (QED) is 0.00542. The highest BCUT2D eigenvalue weighted by Crippen LogP contribution is 2.35. The molecule has 10 aromatic heterocycles. The van der Waals surface area contributed by atoms with Gasteiger partial charge in [0.05, 0.1) is 18.8 Å². The number of carboxylic acids is 1. The number of benzene rings is 5. The van der Waals surface area contributed by atoms with Gasteiger partial charge in [-0.05, 0) is 287 Å². The van der Waals surface area contributed by atoms with Gasteiger partial charge in [-0.25, -0.2) is 64.0 Å². The Bertz CT molecular complexity index is 6730. The van der Waals surface area contributed by atoms with E-state index in [1.165, 1.54) is 113 Å². The maximum atomic E-state index is 12.1. The van der Waals surface area contributed by atoms with E-state index in [9.17, 15) is 33.9 Å². The highest BCUT2D eigenvalue weighted by Gasteiger charge is 2.28. The number of nitrogens with one attached hydrogen (secondary N) is 7. The van der Waals surface area contributed by atoms with Gasteiger partial charge in [-0.15, -0.1) is 51.0 Å². The molecule has 2 fully saturated rings. The zero-order chi connectivity index (χ0) is 106. The summed E-state index contributed by atoms with van der Waals surface area (Å²) in [5, 5.41) is 81.6. The summed E-state index contributed by atoms with van der Waals surface area (Å²) in [4.78, 5) is 113. The number of Topliss-reactive ketones (excluding diaryl/α,β-unsaturated/α-hetero) is 1. The van der Waals surface area contributed by atoms with Crippen LogP contribution in [0.4, 0.5) is 68.3 Å². The highest BCUT2D eigenvalue weighted by atomic mass is 127. The van der Waals surface area contributed by atoms with Crippen molar-refractivity contribution < 1.29 is 48.1 Å². The average molecular weight is 2340 g/mol. The molecule has 770 valence electrons. The van der Waals surface area contributed by atoms with Crippen molar-refractivity contribution in [3.63, 3.8) is 0 Å². The smallest absolute Gasteiger partial charge is 0.407 e. The summed E-state index contributed by atoms with van der Waals surface area (Å²) >= 11 is 18.6. The van der Waals surface area contributed by atoms with Crippen LogP contribution in [0.2, 0.25) is 0 Å². The number of primary amides is 1. The largest absolute Gasteiger partial charge is 0.477 e. The van der Waals surface area contributed by atoms with Crippen LogP contribution in [0.1, 0.15) is 170 Å². The number of nitrogens with zero attached hydrogens (tertiary/aromatic N) is 20. The van der Waals surface area contributed by atoms with E-state index in [0.29, 0.717) is 79.7 Å². The van der Waals surface area contributed by atoms with Crippen LogP contribution in [0.25, 0.3) is 42.3 Å². The molecule has 147 heavy (non-hydrogen) atoms. The minimum absolute atomic E-state index is 0.0247. The lowest BCUT2D eigenvalue weighted by Gasteiger charge is -2.30. The summed E-state index contributed by atoms with van der Waals surface area (Å²) in [7, 11) is 0. The number of hydrogen-bond donors (Lipinski definition) is 11. The van der Waals surface area contributed by atoms with Gasteiger partial charge in [0, 0.05) is 109 Å². The van der Waals surface area contributed by atoms with Crippen molar-refractivity contribution in [2.45, 2.75) is 178 Å². The fraction of sp³-hybridized carbons (Fsp3) is 0.312. The normalized spacial score (nSPS) is 13.8. The molecule has 0 saturated heterocycles. The molecule has 2 amide bonds. The first-order valence-corrected chi connectivity index (χ1v) is 56.2. The molecular weight excluding hydrogens is 2230 g/mol. The standard InChI is InChI=1S/C21H25N7OS.C17H17N5O2S2.C15H14N6OS2.C15H13N5O2S2.C14H14IN3O2S.C11H22N2O2.C3H3BrN2S/c1-12(29)16-11-23-21(25-18-6-4-3-5-17(18)22)26-19(16)24-15-9-7-14(8-10-15)20-28-27-13(2)30-20;1-4-24-16(23)13-9-18-17(25-3)20-14(13)19-12-7-5-11(6-8-12)15-22-21-10(2)26-15;1-8-20-21-14(24-8)9-3-5-10(6-4-9)18-13-11(12(16)22)7-17-15(19-13)23-2;1-8-19-20-13(24-8)9-3-5-10(6-4-9)17-12-11(14(21)22)7-16-15(18-12)23-2;1-3-20-13(19)11-8-16-14(21-2)18-12(11)17-10-6-4-9(15)5-7-10;1-11(2,3)15-10(14)13-9-7-5-4-6-8(9)12;1-2-5-6-3(4)7-2/h7-11,17-18H,3-6,22H2,1-2H3,(H2,23,24,25,26);5-9H,4H2,1-3H3,(H,18,19,20);3-7H,1-2H3,(H2,16,22)(H,17,18,19);3-7H,1-2H3,(H,21,22)(H,16,17,18);4-8H,3H2,1-2H3,(H,16,17,18);8-9H,4-7,12H2,1-3H3,(H,13,14);1H3/t17-,18+;;;;;8-,9+;/m0....1./s1. The lowest BCUT2D eigenvalue weighted by Crippen LogP contribution is -2.50. The van der Waals surface area contributed by atoms with Crippen molar-refractivity contribution in [3.05, 3.63) is 213 Å². The molecule has 51 heteroatoms. The maximum absolute atomic E-state index is 12.1. The van der Waals surface area contributed by atoms with Crippen molar-refractivity contribution >= 4 is 241 Å². The Morgan fingerprint density at radius 1 is 0.422 bits per heavy atom. The second-order valence-electron chi connectivity index (χ2n) is 32.5. The molecule has 2 aliphatic carbocycles. The Morgan fingerprint density at radius 3 is 1.02 bits per heavy atom. The first-order valence-electron chi connectivity index (χ1n) is 45.4. The second kappa shape index (κ2) is 57.1. The Hall–Kier alpha value is -12.6. The number of carboxylic acid groups (broad SMARTS) is 1. The molecule has 10 heterocycles. The van der Waals surface area contributed by atoms with Crippen LogP contribution in [0.5, 0.6) is 0 Å². The molecule has 40 nitrogen and oxygen atoms in total. The predicted octanol–water partition coefficient (Wildman–Crippen LogP) is 21.3. The van der Waals surface area contributed by atoms with Crippen LogP contribution in [-0.2, 0) is 14.2 Å². The highest BCUT2D eigenvalue weighted by molar-refractivity contribution is 14.1. The average Bonchev–Trinajstić information content (AvgIpc) is 1.71. The Morgan fingerprint density at radius 2 is 0.728 bits per heavy atom. The van der Waals surface area contributed by atoms with Gasteiger partial charge in [-0.3, -0.25) is 9.59 Å². The lowest BCUT2D eigenvalue weighted by atomic mass is 9.91. The van der Waals surface area contributed by atoms with Crippen LogP contribution in [0.3, 0.4) is 0 Å². The number of esters is 2. The lowest BCUT2D eigenvalue weighted by molar-refractivity contribution is 0.0481. The van der Waals surface area contributed by atoms with Gasteiger partial charge in [0.15, 0.2) is 30.3 Å². The second-order valence-corrected chi connectivity index (χ2v) is 44.0. The number of alkyl carbamates (subject to hydrolysis) is 1. The van der Waals surface area contributed by atoms with E-state index in [2.05, 4.69) is 177 Å². The molecule has 0 radical (unpaired) electrons. The number of ketones is 1. The Balaban J connectivity index is 0.000000167. The molecule has 5 aromatic carbocycles. The number of aromatic carboxylic acids is 1. The van der Waals surface area contributed by atoms with E-state index >= 15 is 0 Å². The number of hydrogen-bond acceptors (Lipinski definition) is 46. The van der Waals surface area contributed by atoms with Gasteiger partial charge >= 0.3 is 24.0 Å². The van der Waals surface area contributed by atoms with Crippen molar-refractivity contribution in [2.75, 3.05) is 70.1 Å². The number of anilines is 11. The summed E-state index contributed by atoms with van der Waals surface area (Å²) in [6.07, 6.45) is 22.9. The van der Waals surface area contributed by atoms with Crippen molar-refractivity contribution in [2.24, 2.45) is 17.2 Å². The van der Waals surface area contributed by atoms with Crippen molar-refractivity contribution in [3.8, 4) is 42.3 Å². The summed E-state index contributed by atoms with van der Waals surface area (Å²) in [6.45, 7) is 20.8. The van der Waals surface area contributed by atoms with Gasteiger partial charge < -0.3 is 73.7 Å². The summed E-state index contributed by atoms with van der Waals surface area (Å²) in [5.41, 5.74) is 26.3. The van der Waals surface area contributed by atoms with Crippen LogP contribution < -0.4 is 54.4 Å². The monoisotopic (exact) mass is 2330 g/mol. The van der Waals surface area contributed by atoms with Gasteiger partial charge in [-0.2, -0.15) is 4.98 Å². The van der Waals surface area contributed by atoms with E-state index in [0.717, 1.165) is 155 Å². The molecule has 14 N–H and O–H groups in total. The molecule has 15 aromatic rings. The first-order chi connectivity index (χ1) is 70.5. The topological polar surface area (TPSA) is 570 Å². The van der Waals surface area contributed by atoms with E-state index in [1.54, 1.807) is 42.7 Å². The number of ether oxygens (including phenoxy) is 3. The minimum Gasteiger partial charge on any atom is -0.477 e. The van der Waals surface area contributed by atoms with Crippen LogP contribution in [0, 0.1) is 38.2 Å². The maximum Gasteiger partial charge on any atom is 0.407 e. The molecule has 0 bridgehead atoms. The van der Waals surface area contributed by atoms with Gasteiger partial charge in [-0.1, -0.05) is 129 Å². The molecule has 0 aliphatic heterocycles. The van der Waals surface area contributed by atoms with Crippen LogP contribution in [-0.4, -0.2) is 210 Å². The molecule has 4 atom stereocenters. The molecule has 0 spiro atoms. The number of halogens is 2. The van der Waals surface area contributed by atoms with Gasteiger partial charge in [0.1, 0.15) is 102 Å². The first kappa shape index (κ1) is 115. The van der Waals surface area contributed by atoms with E-state index < -0.39 is 29.4 Å². The zero-order valence-corrected chi connectivity index (χ0v) is 93.6. The Kier molecular flexibility index (Phi) is 44.6. The number of carbonyl (C=O) groups is 6. The number of amides is 2. The summed E-state index contributed by atoms with van der Waals surface area (Å²) in [6, 6.07) is 38.8. The number of rotatable bonds is 28. The fourth-order valence-electron chi connectivity index (χ4n) is 13.3. The fourth-order valence-corrected chi connectivity index (χ4v) is 19.0. The van der Waals surface area contributed by atoms with E-state index in [4.69, 9.17) is 31.4 Å². The van der Waals surface area contributed by atoms with Crippen molar-refractivity contribution in [1.29, 1.82) is 0 Å². The third-order valence-corrected chi connectivity index (χ3v) is 28.2. The summed E-state index contributed by atoms with van der Waals surface area (Å²) < 4.78 is 17.3. The van der Waals surface area contributed by atoms with Gasteiger partial charge in [0.2, 0.25) is 5.95 Å². The summed E-state index contributed by atoms with van der Waals surface area (Å²) in [5.74, 6) is -0.160. The molecule has 0 unspecified atom stereocenters. The predicted molar refractivity (Wildman–Crippen MR) is 596 cm³/mol. The number of aromatic nitrogens is 20. The van der Waals surface area contributed by atoms with Crippen LogP contribution >= 0.6 is 142 Å². The van der Waals surface area contributed by atoms with Gasteiger partial charge in [0.25, 0.3) is 5.91 Å². The number of aryl methyl sites for hydroxylation is 5. The zero-order valence-electron chi connectivity index (χ0n) is 82.5. The molecule has 17 rings (SSSR count).